The predicted octanol–water partition coefficient (Wildman–Crippen LogP) is 8.52. The molecule has 3 unspecified atom stereocenters. The lowest BCUT2D eigenvalue weighted by Gasteiger charge is -2.26. The van der Waals surface area contributed by atoms with Gasteiger partial charge in [0.25, 0.3) is 5.95 Å². The molecule has 1 aliphatic rings. The van der Waals surface area contributed by atoms with Crippen LogP contribution in [0.4, 0.5) is 17.6 Å². The quantitative estimate of drug-likeness (QED) is 0.0976. The summed E-state index contributed by atoms with van der Waals surface area (Å²) in [6.45, 7) is 4.26. The first-order chi connectivity index (χ1) is 17.8. The normalized spacial score (nSPS) is 16.9. The zero-order valence-corrected chi connectivity index (χ0v) is 22.6. The third kappa shape index (κ3) is 8.57. The van der Waals surface area contributed by atoms with Gasteiger partial charge in [-0.2, -0.15) is 4.39 Å². The summed E-state index contributed by atoms with van der Waals surface area (Å²) in [4.78, 5) is 3.83. The van der Waals surface area contributed by atoms with Gasteiger partial charge in [-0.25, -0.2) is 18.2 Å². The topological polar surface area (TPSA) is 31.4 Å². The van der Waals surface area contributed by atoms with Gasteiger partial charge in [-0.1, -0.05) is 52.4 Å². The van der Waals surface area contributed by atoms with Crippen molar-refractivity contribution in [3.8, 4) is 17.0 Å². The number of aryl methyl sites for hydroxylation is 1. The highest BCUT2D eigenvalue weighted by Crippen LogP contribution is 2.34. The molecule has 1 aromatic heterocycles. The molecule has 0 amide bonds. The van der Waals surface area contributed by atoms with Crippen LogP contribution in [-0.4, -0.2) is 35.9 Å². The minimum absolute atomic E-state index is 0.0147. The predicted molar refractivity (Wildman–Crippen MR) is 140 cm³/mol. The number of hydrogen-bond donors (Lipinski definition) is 0. The second kappa shape index (κ2) is 14.9. The molecule has 206 valence electrons. The van der Waals surface area contributed by atoms with Gasteiger partial charge in [0.15, 0.2) is 17.4 Å². The maximum atomic E-state index is 15.1. The van der Waals surface area contributed by atoms with Crippen molar-refractivity contribution in [2.45, 2.75) is 102 Å². The lowest BCUT2D eigenvalue weighted by molar-refractivity contribution is 0.00865. The van der Waals surface area contributed by atoms with E-state index in [0.29, 0.717) is 24.8 Å². The van der Waals surface area contributed by atoms with Crippen LogP contribution in [0.5, 0.6) is 5.75 Å². The monoisotopic (exact) mass is 543 g/mol. The van der Waals surface area contributed by atoms with Crippen LogP contribution < -0.4 is 4.74 Å². The van der Waals surface area contributed by atoms with E-state index in [1.807, 2.05) is 0 Å². The van der Waals surface area contributed by atoms with Crippen LogP contribution in [0.25, 0.3) is 11.3 Å². The van der Waals surface area contributed by atoms with Crippen LogP contribution >= 0.6 is 11.6 Å². The van der Waals surface area contributed by atoms with Gasteiger partial charge in [-0.3, -0.25) is 0 Å². The highest BCUT2D eigenvalue weighted by atomic mass is 35.5. The zero-order chi connectivity index (χ0) is 26.8. The Labute approximate surface area is 222 Å². The van der Waals surface area contributed by atoms with Crippen molar-refractivity contribution < 1.29 is 27.0 Å². The molecule has 2 aromatic rings. The Hall–Kier alpha value is -1.86. The Kier molecular flexibility index (Phi) is 12.0. The van der Waals surface area contributed by atoms with Gasteiger partial charge < -0.3 is 9.47 Å². The van der Waals surface area contributed by atoms with Gasteiger partial charge in [0.2, 0.25) is 0 Å². The van der Waals surface area contributed by atoms with Crippen LogP contribution in [0.1, 0.15) is 82.8 Å². The van der Waals surface area contributed by atoms with Gasteiger partial charge in [0, 0.05) is 12.0 Å². The summed E-state index contributed by atoms with van der Waals surface area (Å²) >= 11 is 6.18. The molecule has 0 saturated heterocycles. The summed E-state index contributed by atoms with van der Waals surface area (Å²) in [5, 5.41) is -0.249. The van der Waals surface area contributed by atoms with Crippen molar-refractivity contribution in [1.29, 1.82) is 0 Å². The third-order valence-electron chi connectivity index (χ3n) is 6.83. The molecule has 1 aliphatic carbocycles. The van der Waals surface area contributed by atoms with Crippen molar-refractivity contribution in [3.05, 3.63) is 46.9 Å². The summed E-state index contributed by atoms with van der Waals surface area (Å²) in [6, 6.07) is 4.30. The fourth-order valence-electron chi connectivity index (χ4n) is 4.62. The van der Waals surface area contributed by atoms with Crippen molar-refractivity contribution in [2.75, 3.05) is 13.2 Å². The van der Waals surface area contributed by atoms with E-state index >= 15 is 8.78 Å². The molecule has 0 radical (unpaired) electrons. The average Bonchev–Trinajstić information content (AvgIpc) is 2.90. The first kappa shape index (κ1) is 29.7. The van der Waals surface area contributed by atoms with E-state index in [2.05, 4.69) is 18.8 Å². The number of fused-ring (bicyclic) bond motifs is 1. The number of ether oxygens (including phenoxy) is 2. The third-order valence-corrected chi connectivity index (χ3v) is 7.18. The molecule has 0 spiro atoms. The smallest absolute Gasteiger partial charge is 0.255 e. The average molecular weight is 544 g/mol. The first-order valence-corrected chi connectivity index (χ1v) is 14.0. The van der Waals surface area contributed by atoms with Crippen molar-refractivity contribution >= 4 is 11.6 Å². The molecule has 1 heterocycles. The first-order valence-electron chi connectivity index (χ1n) is 13.5. The highest BCUT2D eigenvalue weighted by Gasteiger charge is 2.27. The second-order valence-corrected chi connectivity index (χ2v) is 10.5. The summed E-state index contributed by atoms with van der Waals surface area (Å²) in [7, 11) is 0. The zero-order valence-electron chi connectivity index (χ0n) is 21.8. The van der Waals surface area contributed by atoms with Gasteiger partial charge in [-0.05, 0) is 55.0 Å². The summed E-state index contributed by atoms with van der Waals surface area (Å²) < 4.78 is 70.0. The lowest BCUT2D eigenvalue weighted by Crippen LogP contribution is -2.27. The minimum Gasteiger partial charge on any atom is -0.487 e. The SMILES string of the molecule is CCCCCCC(F)COC1CCc2cc(-c3ccc(OCC(Cl)CCCC)c(F)n3)c(F)c(F)c2C1. The van der Waals surface area contributed by atoms with Crippen LogP contribution in [0.15, 0.2) is 18.2 Å². The minimum atomic E-state index is -1.08. The Bertz CT molecular complexity index is 1010. The molecule has 3 nitrogen and oxygen atoms in total. The van der Waals surface area contributed by atoms with E-state index in [-0.39, 0.29) is 53.7 Å². The van der Waals surface area contributed by atoms with E-state index < -0.39 is 23.8 Å². The highest BCUT2D eigenvalue weighted by molar-refractivity contribution is 6.20. The Morgan fingerprint density at radius 3 is 2.51 bits per heavy atom. The van der Waals surface area contributed by atoms with E-state index in [0.717, 1.165) is 44.9 Å². The summed E-state index contributed by atoms with van der Waals surface area (Å²) in [5.74, 6) is -3.06. The number of unbranched alkanes of at least 4 members (excludes halogenated alkanes) is 4. The van der Waals surface area contributed by atoms with Gasteiger partial charge in [0.05, 0.1) is 23.8 Å². The van der Waals surface area contributed by atoms with Crippen LogP contribution in [0.3, 0.4) is 0 Å². The maximum Gasteiger partial charge on any atom is 0.255 e. The maximum absolute atomic E-state index is 15.1. The molecule has 0 saturated carbocycles. The van der Waals surface area contributed by atoms with Crippen molar-refractivity contribution in [1.82, 2.24) is 4.98 Å². The van der Waals surface area contributed by atoms with E-state index in [1.165, 1.54) is 18.2 Å². The fraction of sp³-hybridized carbons (Fsp3) is 0.621. The van der Waals surface area contributed by atoms with Crippen molar-refractivity contribution in [2.24, 2.45) is 0 Å². The van der Waals surface area contributed by atoms with Gasteiger partial charge in [0.1, 0.15) is 12.8 Å². The molecule has 3 rings (SSSR count). The van der Waals surface area contributed by atoms with Crippen LogP contribution in [0, 0.1) is 17.6 Å². The lowest BCUT2D eigenvalue weighted by atomic mass is 9.87. The second-order valence-electron chi connectivity index (χ2n) is 9.87. The summed E-state index contributed by atoms with van der Waals surface area (Å²) in [5.41, 5.74) is 0.749. The molecule has 1 aromatic carbocycles. The number of nitrogens with zero attached hydrogens (tertiary/aromatic N) is 1. The van der Waals surface area contributed by atoms with Crippen molar-refractivity contribution in [3.63, 3.8) is 0 Å². The molecular weight excluding hydrogens is 506 g/mol. The number of benzene rings is 1. The molecule has 37 heavy (non-hydrogen) atoms. The van der Waals surface area contributed by atoms with Crippen LogP contribution in [0.2, 0.25) is 0 Å². The van der Waals surface area contributed by atoms with Crippen LogP contribution in [-0.2, 0) is 17.6 Å². The van der Waals surface area contributed by atoms with Gasteiger partial charge in [-0.15, -0.1) is 11.6 Å². The number of pyridine rings is 1. The Balaban J connectivity index is 1.63. The molecule has 0 aliphatic heterocycles. The largest absolute Gasteiger partial charge is 0.487 e. The van der Waals surface area contributed by atoms with E-state index in [1.54, 1.807) is 0 Å². The summed E-state index contributed by atoms with van der Waals surface area (Å²) in [6.07, 6.45) is 6.95. The number of rotatable bonds is 15. The number of aromatic nitrogens is 1. The number of alkyl halides is 2. The van der Waals surface area contributed by atoms with E-state index in [4.69, 9.17) is 21.1 Å². The molecule has 3 atom stereocenters. The van der Waals surface area contributed by atoms with E-state index in [9.17, 15) is 8.78 Å². The molecule has 0 fully saturated rings. The fourth-order valence-corrected chi connectivity index (χ4v) is 4.84. The number of halogens is 5. The Morgan fingerprint density at radius 1 is 1.00 bits per heavy atom. The molecule has 8 heteroatoms. The standard InChI is InChI=1S/C29H38ClF4NO2/c1-3-5-7-8-10-21(31)18-36-22-12-11-19-15-24(28(33)27(32)23(19)16-22)25-13-14-26(29(34)35-25)37-17-20(30)9-6-4-2/h13-15,20-22H,3-12,16-18H2,1-2H3. The molecule has 0 bridgehead atoms. The molecule has 0 N–H and O–H groups in total. The Morgan fingerprint density at radius 2 is 1.78 bits per heavy atom. The van der Waals surface area contributed by atoms with Gasteiger partial charge >= 0.3 is 0 Å². The molecular formula is C29H38ClF4NO2. The number of hydrogen-bond acceptors (Lipinski definition) is 3.